The van der Waals surface area contributed by atoms with Crippen LogP contribution in [-0.4, -0.2) is 64.0 Å². The Morgan fingerprint density at radius 2 is 1.78 bits per heavy atom. The molecule has 0 amide bonds. The maximum Gasteiger partial charge on any atom is 0.173 e. The molecule has 2 aromatic carbocycles. The Kier molecular flexibility index (Phi) is 6.09. The molecule has 0 N–H and O–H groups in total. The molecule has 5 rings (SSSR count). The minimum absolute atomic E-state index is 0.101. The van der Waals surface area contributed by atoms with E-state index in [0.717, 1.165) is 25.0 Å². The topological polar surface area (TPSA) is 59.3 Å². The largest absolute Gasteiger partial charge is 0.376 e. The lowest BCUT2D eigenvalue weighted by molar-refractivity contribution is 0.0906. The van der Waals surface area contributed by atoms with Crippen molar-refractivity contribution in [2.75, 3.05) is 37.7 Å². The van der Waals surface area contributed by atoms with Crippen molar-refractivity contribution in [3.05, 3.63) is 71.6 Å². The average Bonchev–Trinajstić information content (AvgIpc) is 3.49. The van der Waals surface area contributed by atoms with Gasteiger partial charge in [-0.25, -0.2) is 13.5 Å². The number of aromatic nitrogens is 4. The molecule has 7 nitrogen and oxygen atoms in total. The Balaban J connectivity index is 1.40. The van der Waals surface area contributed by atoms with Gasteiger partial charge in [-0.15, -0.1) is 5.10 Å². The van der Waals surface area contributed by atoms with Crippen LogP contribution in [0.15, 0.2) is 48.5 Å². The summed E-state index contributed by atoms with van der Waals surface area (Å²) in [5.74, 6) is 0.221. The van der Waals surface area contributed by atoms with Crippen LogP contribution in [0.25, 0.3) is 0 Å². The molecule has 0 saturated carbocycles. The first-order valence-electron chi connectivity index (χ1n) is 11.1. The first-order valence-corrected chi connectivity index (χ1v) is 11.1. The van der Waals surface area contributed by atoms with Gasteiger partial charge in [-0.05, 0) is 53.1 Å². The summed E-state index contributed by atoms with van der Waals surface area (Å²) in [4.78, 5) is 4.34. The number of tetrazole rings is 1. The first-order chi connectivity index (χ1) is 15.7. The SMILES string of the molecule is Fc1ccc(C(c2nnnn2CC2CCCO2)N2CCN(c3ccccc3F)CC2)cc1. The number of nitrogens with zero attached hydrogens (tertiary/aromatic N) is 6. The third kappa shape index (κ3) is 4.35. The Labute approximate surface area is 185 Å². The van der Waals surface area contributed by atoms with Gasteiger partial charge < -0.3 is 9.64 Å². The van der Waals surface area contributed by atoms with Crippen LogP contribution >= 0.6 is 0 Å². The van der Waals surface area contributed by atoms with E-state index in [2.05, 4.69) is 25.3 Å². The molecule has 3 aromatic rings. The molecule has 0 radical (unpaired) electrons. The lowest BCUT2D eigenvalue weighted by Crippen LogP contribution is -2.48. The summed E-state index contributed by atoms with van der Waals surface area (Å²) in [5.41, 5.74) is 1.54. The van der Waals surface area contributed by atoms with Crippen LogP contribution in [-0.2, 0) is 11.3 Å². The van der Waals surface area contributed by atoms with Crippen molar-refractivity contribution >= 4 is 5.69 Å². The van der Waals surface area contributed by atoms with E-state index in [0.29, 0.717) is 44.2 Å². The van der Waals surface area contributed by atoms with Crippen molar-refractivity contribution in [3.8, 4) is 0 Å². The number of anilines is 1. The van der Waals surface area contributed by atoms with E-state index < -0.39 is 0 Å². The van der Waals surface area contributed by atoms with Crippen molar-refractivity contribution in [1.82, 2.24) is 25.1 Å². The predicted molar refractivity (Wildman–Crippen MR) is 115 cm³/mol. The van der Waals surface area contributed by atoms with Crippen molar-refractivity contribution in [2.24, 2.45) is 0 Å². The highest BCUT2D eigenvalue weighted by Crippen LogP contribution is 2.30. The average molecular weight is 440 g/mol. The molecule has 9 heteroatoms. The minimum Gasteiger partial charge on any atom is -0.376 e. The molecule has 2 atom stereocenters. The van der Waals surface area contributed by atoms with Crippen LogP contribution in [0.2, 0.25) is 0 Å². The summed E-state index contributed by atoms with van der Waals surface area (Å²) < 4.78 is 35.5. The maximum atomic E-state index is 14.3. The second-order valence-electron chi connectivity index (χ2n) is 8.28. The van der Waals surface area contributed by atoms with Gasteiger partial charge in [0.05, 0.1) is 24.4 Å². The zero-order valence-corrected chi connectivity index (χ0v) is 17.8. The van der Waals surface area contributed by atoms with E-state index in [-0.39, 0.29) is 23.8 Å². The lowest BCUT2D eigenvalue weighted by atomic mass is 10.0. The normalized spacial score (nSPS) is 20.6. The number of para-hydroxylation sites is 1. The van der Waals surface area contributed by atoms with Gasteiger partial charge in [-0.2, -0.15) is 0 Å². The van der Waals surface area contributed by atoms with Crippen LogP contribution in [0.1, 0.15) is 30.3 Å². The van der Waals surface area contributed by atoms with Gasteiger partial charge in [0.15, 0.2) is 5.82 Å². The number of hydrogen-bond donors (Lipinski definition) is 0. The fraction of sp³-hybridized carbons (Fsp3) is 0.435. The molecule has 2 saturated heterocycles. The van der Waals surface area contributed by atoms with Crippen LogP contribution < -0.4 is 4.90 Å². The molecular weight excluding hydrogens is 414 g/mol. The van der Waals surface area contributed by atoms with E-state index in [1.54, 1.807) is 18.2 Å². The molecular formula is C23H26F2N6O. The maximum absolute atomic E-state index is 14.3. The molecule has 2 fully saturated rings. The molecule has 0 aliphatic carbocycles. The molecule has 2 aliphatic heterocycles. The molecule has 168 valence electrons. The summed E-state index contributed by atoms with van der Waals surface area (Å²) in [6.45, 7) is 4.10. The standard InChI is InChI=1S/C23H26F2N6O/c24-18-9-7-17(8-10-18)22(23-26-27-28-31(23)16-19-4-3-15-32-19)30-13-11-29(12-14-30)21-6-2-1-5-20(21)25/h1-2,5-10,19,22H,3-4,11-16H2. The highest BCUT2D eigenvalue weighted by molar-refractivity contribution is 5.48. The molecule has 1 aromatic heterocycles. The molecule has 2 aliphatic rings. The van der Waals surface area contributed by atoms with Crippen LogP contribution in [0.4, 0.5) is 14.5 Å². The van der Waals surface area contributed by atoms with E-state index in [1.165, 1.54) is 18.2 Å². The fourth-order valence-electron chi connectivity index (χ4n) is 4.62. The van der Waals surface area contributed by atoms with Gasteiger partial charge in [0.2, 0.25) is 0 Å². The fourth-order valence-corrected chi connectivity index (χ4v) is 4.62. The lowest BCUT2D eigenvalue weighted by Gasteiger charge is -2.40. The van der Waals surface area contributed by atoms with Gasteiger partial charge in [0.25, 0.3) is 0 Å². The second-order valence-corrected chi connectivity index (χ2v) is 8.28. The minimum atomic E-state index is -0.282. The van der Waals surface area contributed by atoms with Gasteiger partial charge >= 0.3 is 0 Å². The van der Waals surface area contributed by atoms with Crippen LogP contribution in [0.3, 0.4) is 0 Å². The van der Waals surface area contributed by atoms with Crippen molar-refractivity contribution in [1.29, 1.82) is 0 Å². The van der Waals surface area contributed by atoms with Crippen molar-refractivity contribution in [3.63, 3.8) is 0 Å². The Bertz CT molecular complexity index is 1030. The molecule has 0 bridgehead atoms. The van der Waals surface area contributed by atoms with Crippen LogP contribution in [0.5, 0.6) is 0 Å². The van der Waals surface area contributed by atoms with Gasteiger partial charge in [0.1, 0.15) is 11.6 Å². The Hall–Kier alpha value is -2.91. The van der Waals surface area contributed by atoms with E-state index in [1.807, 2.05) is 16.8 Å². The molecule has 0 spiro atoms. The molecule has 32 heavy (non-hydrogen) atoms. The van der Waals surface area contributed by atoms with E-state index in [9.17, 15) is 8.78 Å². The quantitative estimate of drug-likeness (QED) is 0.587. The summed E-state index contributed by atoms with van der Waals surface area (Å²) in [6, 6.07) is 13.1. The zero-order chi connectivity index (χ0) is 21.9. The predicted octanol–water partition coefficient (Wildman–Crippen LogP) is 3.04. The smallest absolute Gasteiger partial charge is 0.173 e. The van der Waals surface area contributed by atoms with Gasteiger partial charge in [0, 0.05) is 32.8 Å². The van der Waals surface area contributed by atoms with Crippen LogP contribution in [0, 0.1) is 11.6 Å². The highest BCUT2D eigenvalue weighted by Gasteiger charge is 2.32. The summed E-state index contributed by atoms with van der Waals surface area (Å²) in [7, 11) is 0. The number of halogens is 2. The number of ether oxygens (including phenoxy) is 1. The molecule has 3 heterocycles. The summed E-state index contributed by atoms with van der Waals surface area (Å²) in [5, 5.41) is 12.5. The second kappa shape index (κ2) is 9.30. The molecule has 2 unspecified atom stereocenters. The van der Waals surface area contributed by atoms with E-state index >= 15 is 0 Å². The van der Waals surface area contributed by atoms with Crippen molar-refractivity contribution in [2.45, 2.75) is 31.5 Å². The highest BCUT2D eigenvalue weighted by atomic mass is 19.1. The third-order valence-electron chi connectivity index (χ3n) is 6.26. The number of hydrogen-bond acceptors (Lipinski definition) is 6. The van der Waals surface area contributed by atoms with E-state index in [4.69, 9.17) is 4.74 Å². The third-order valence-corrected chi connectivity index (χ3v) is 6.26. The van der Waals surface area contributed by atoms with Crippen molar-refractivity contribution < 1.29 is 13.5 Å². The monoisotopic (exact) mass is 440 g/mol. The zero-order valence-electron chi connectivity index (χ0n) is 17.8. The van der Waals surface area contributed by atoms with Gasteiger partial charge in [-0.3, -0.25) is 4.90 Å². The number of rotatable bonds is 6. The number of benzene rings is 2. The van der Waals surface area contributed by atoms with Gasteiger partial charge in [-0.1, -0.05) is 24.3 Å². The Morgan fingerprint density at radius 1 is 1.00 bits per heavy atom. The summed E-state index contributed by atoms with van der Waals surface area (Å²) in [6.07, 6.45) is 2.13. The number of piperazine rings is 1. The Morgan fingerprint density at radius 3 is 2.50 bits per heavy atom. The summed E-state index contributed by atoms with van der Waals surface area (Å²) >= 11 is 0. The first kappa shape index (κ1) is 21.0.